The number of hydrogen-bond acceptors (Lipinski definition) is 3. The summed E-state index contributed by atoms with van der Waals surface area (Å²) < 4.78 is 19.4. The highest BCUT2D eigenvalue weighted by molar-refractivity contribution is 14.0. The molecule has 2 unspecified atom stereocenters. The molecule has 2 aromatic rings. The second-order valence-electron chi connectivity index (χ2n) is 7.80. The molecule has 1 fully saturated rings. The predicted octanol–water partition coefficient (Wildman–Crippen LogP) is 4.04. The van der Waals surface area contributed by atoms with Gasteiger partial charge in [0.15, 0.2) is 5.96 Å². The smallest absolute Gasteiger partial charge is 0.194 e. The summed E-state index contributed by atoms with van der Waals surface area (Å²) in [6.45, 7) is 5.11. The van der Waals surface area contributed by atoms with Crippen LogP contribution in [0.1, 0.15) is 29.7 Å². The van der Waals surface area contributed by atoms with Crippen molar-refractivity contribution in [2.45, 2.75) is 32.2 Å². The number of halogens is 2. The Hall–Kier alpha value is -1.71. The third-order valence-corrected chi connectivity index (χ3v) is 5.06. The lowest BCUT2D eigenvalue weighted by Gasteiger charge is -2.38. The highest BCUT2D eigenvalue weighted by Crippen LogP contribution is 2.25. The van der Waals surface area contributed by atoms with Gasteiger partial charge in [-0.15, -0.1) is 24.0 Å². The molecule has 0 aliphatic carbocycles. The Labute approximate surface area is 196 Å². The Bertz CT molecular complexity index is 828. The minimum Gasteiger partial charge on any atom is -0.367 e. The molecule has 5 nitrogen and oxygen atoms in total. The molecule has 164 valence electrons. The fourth-order valence-electron chi connectivity index (χ4n) is 3.72. The van der Waals surface area contributed by atoms with Crippen molar-refractivity contribution in [1.82, 2.24) is 15.1 Å². The molecule has 0 aromatic heterocycles. The number of hydrogen-bond donors (Lipinski definition) is 1. The highest BCUT2D eigenvalue weighted by atomic mass is 127. The number of aliphatic imine (C=N–C) groups is 1. The van der Waals surface area contributed by atoms with Crippen LogP contribution in [0.15, 0.2) is 53.5 Å². The molecule has 1 aliphatic rings. The van der Waals surface area contributed by atoms with Crippen LogP contribution < -0.4 is 5.32 Å². The zero-order valence-corrected chi connectivity index (χ0v) is 20.5. The molecule has 0 spiro atoms. The Morgan fingerprint density at radius 3 is 2.43 bits per heavy atom. The minimum absolute atomic E-state index is 0. The van der Waals surface area contributed by atoms with Crippen LogP contribution in [0.25, 0.3) is 0 Å². The molecule has 2 atom stereocenters. The number of guanidine groups is 1. The van der Waals surface area contributed by atoms with Crippen LogP contribution in [0.5, 0.6) is 0 Å². The molecule has 2 aromatic carbocycles. The SMILES string of the molecule is CN=C(NCc1ccccc1CN(C)C)N1CC(C)OC(c2ccc(F)cc2)C1.I. The molecule has 3 rings (SSSR count). The fourth-order valence-corrected chi connectivity index (χ4v) is 3.72. The Kier molecular flexibility index (Phi) is 9.51. The van der Waals surface area contributed by atoms with Crippen molar-refractivity contribution in [3.8, 4) is 0 Å². The van der Waals surface area contributed by atoms with Gasteiger partial charge in [-0.3, -0.25) is 4.99 Å². The number of morpholine rings is 1. The third kappa shape index (κ3) is 6.65. The lowest BCUT2D eigenvalue weighted by molar-refractivity contribution is -0.0605. The molecule has 0 amide bonds. The normalized spacial score (nSPS) is 19.5. The summed E-state index contributed by atoms with van der Waals surface area (Å²) in [5.74, 6) is 0.621. The zero-order valence-electron chi connectivity index (χ0n) is 18.1. The van der Waals surface area contributed by atoms with Crippen LogP contribution in [0.3, 0.4) is 0 Å². The summed E-state index contributed by atoms with van der Waals surface area (Å²) in [5, 5.41) is 3.51. The van der Waals surface area contributed by atoms with E-state index >= 15 is 0 Å². The molecule has 0 bridgehead atoms. The van der Waals surface area contributed by atoms with Gasteiger partial charge in [0.05, 0.1) is 12.6 Å². The van der Waals surface area contributed by atoms with Gasteiger partial charge in [0.1, 0.15) is 11.9 Å². The first-order chi connectivity index (χ1) is 14.0. The molecule has 30 heavy (non-hydrogen) atoms. The molecule has 7 heteroatoms. The van der Waals surface area contributed by atoms with Crippen LogP contribution >= 0.6 is 24.0 Å². The second kappa shape index (κ2) is 11.6. The largest absolute Gasteiger partial charge is 0.367 e. The average molecular weight is 526 g/mol. The van der Waals surface area contributed by atoms with Crippen LogP contribution in [0, 0.1) is 5.82 Å². The van der Waals surface area contributed by atoms with Crippen molar-refractivity contribution in [1.29, 1.82) is 0 Å². The maximum atomic E-state index is 13.3. The van der Waals surface area contributed by atoms with E-state index in [1.807, 2.05) is 0 Å². The third-order valence-electron chi connectivity index (χ3n) is 5.06. The van der Waals surface area contributed by atoms with Gasteiger partial charge < -0.3 is 19.9 Å². The van der Waals surface area contributed by atoms with E-state index in [0.29, 0.717) is 13.1 Å². The second-order valence-corrected chi connectivity index (χ2v) is 7.80. The van der Waals surface area contributed by atoms with E-state index < -0.39 is 0 Å². The van der Waals surface area contributed by atoms with E-state index in [4.69, 9.17) is 4.74 Å². The van der Waals surface area contributed by atoms with Crippen molar-refractivity contribution in [3.63, 3.8) is 0 Å². The van der Waals surface area contributed by atoms with Gasteiger partial charge in [0, 0.05) is 26.7 Å². The number of ether oxygens (including phenoxy) is 1. The summed E-state index contributed by atoms with van der Waals surface area (Å²) in [5.41, 5.74) is 3.55. The fraction of sp³-hybridized carbons (Fsp3) is 0.435. The molecule has 1 aliphatic heterocycles. The van der Waals surface area contributed by atoms with Crippen molar-refractivity contribution >= 4 is 29.9 Å². The lowest BCUT2D eigenvalue weighted by atomic mass is 10.1. The zero-order chi connectivity index (χ0) is 20.8. The minimum atomic E-state index is -0.233. The van der Waals surface area contributed by atoms with E-state index in [1.165, 1.54) is 23.3 Å². The highest BCUT2D eigenvalue weighted by Gasteiger charge is 2.28. The number of rotatable bonds is 5. The van der Waals surface area contributed by atoms with Crippen LogP contribution in [-0.4, -0.2) is 56.1 Å². The van der Waals surface area contributed by atoms with Crippen LogP contribution in [-0.2, 0) is 17.8 Å². The van der Waals surface area contributed by atoms with Crippen molar-refractivity contribution in [2.24, 2.45) is 4.99 Å². The van der Waals surface area contributed by atoms with Crippen molar-refractivity contribution in [3.05, 3.63) is 71.0 Å². The van der Waals surface area contributed by atoms with E-state index in [2.05, 4.69) is 65.4 Å². The summed E-state index contributed by atoms with van der Waals surface area (Å²) in [4.78, 5) is 8.89. The molecule has 0 radical (unpaired) electrons. The van der Waals surface area contributed by atoms with E-state index in [1.54, 1.807) is 19.2 Å². The number of benzene rings is 2. The van der Waals surface area contributed by atoms with Gasteiger partial charge in [-0.05, 0) is 49.8 Å². The first-order valence-corrected chi connectivity index (χ1v) is 10.0. The summed E-state index contributed by atoms with van der Waals surface area (Å²) in [7, 11) is 5.96. The standard InChI is InChI=1S/C23H31FN4O.HI/c1-17-14-28(16-22(29-17)18-9-11-21(24)12-10-18)23(25-2)26-13-19-7-5-6-8-20(19)15-27(3)4;/h5-12,17,22H,13-16H2,1-4H3,(H,25,26);1H. The Morgan fingerprint density at radius 2 is 1.80 bits per heavy atom. The maximum Gasteiger partial charge on any atom is 0.194 e. The van der Waals surface area contributed by atoms with Gasteiger partial charge >= 0.3 is 0 Å². The first-order valence-electron chi connectivity index (χ1n) is 10.0. The summed E-state index contributed by atoms with van der Waals surface area (Å²) in [6, 6.07) is 15.0. The molecular weight excluding hydrogens is 494 g/mol. The molecule has 1 heterocycles. The average Bonchev–Trinajstić information content (AvgIpc) is 2.69. The molecule has 1 saturated heterocycles. The summed E-state index contributed by atoms with van der Waals surface area (Å²) in [6.07, 6.45) is -0.0580. The van der Waals surface area contributed by atoms with Gasteiger partial charge in [-0.2, -0.15) is 0 Å². The quantitative estimate of drug-likeness (QED) is 0.363. The van der Waals surface area contributed by atoms with Crippen molar-refractivity contribution < 1.29 is 9.13 Å². The topological polar surface area (TPSA) is 40.1 Å². The van der Waals surface area contributed by atoms with E-state index in [0.717, 1.165) is 24.6 Å². The van der Waals surface area contributed by atoms with Crippen LogP contribution in [0.2, 0.25) is 0 Å². The monoisotopic (exact) mass is 526 g/mol. The van der Waals surface area contributed by atoms with Crippen molar-refractivity contribution in [2.75, 3.05) is 34.2 Å². The van der Waals surface area contributed by atoms with Gasteiger partial charge in [-0.25, -0.2) is 4.39 Å². The Morgan fingerprint density at radius 1 is 1.13 bits per heavy atom. The van der Waals surface area contributed by atoms with Gasteiger partial charge in [0.2, 0.25) is 0 Å². The lowest BCUT2D eigenvalue weighted by Crippen LogP contribution is -2.50. The Balaban J connectivity index is 0.00000320. The van der Waals surface area contributed by atoms with Crippen LogP contribution in [0.4, 0.5) is 4.39 Å². The number of nitrogens with zero attached hydrogens (tertiary/aromatic N) is 3. The predicted molar refractivity (Wildman–Crippen MR) is 131 cm³/mol. The van der Waals surface area contributed by atoms with E-state index in [9.17, 15) is 4.39 Å². The molecule has 1 N–H and O–H groups in total. The molecule has 0 saturated carbocycles. The number of nitrogens with one attached hydrogen (secondary N) is 1. The first kappa shape index (κ1) is 24.6. The van der Waals surface area contributed by atoms with Gasteiger partial charge in [0.25, 0.3) is 0 Å². The summed E-state index contributed by atoms with van der Waals surface area (Å²) >= 11 is 0. The van der Waals surface area contributed by atoms with Gasteiger partial charge in [-0.1, -0.05) is 36.4 Å². The van der Waals surface area contributed by atoms with E-state index in [-0.39, 0.29) is 42.0 Å². The maximum absolute atomic E-state index is 13.3. The molecular formula is C23H32FIN4O.